The number of carbonyl (C=O) groups excluding carboxylic acids is 2. The maximum Gasteiger partial charge on any atom is 0.242 e. The molecule has 0 saturated heterocycles. The molecule has 3 N–H and O–H groups in total. The van der Waals surface area contributed by atoms with Crippen LogP contribution in [0.15, 0.2) is 77.7 Å². The fourth-order valence-corrected chi connectivity index (χ4v) is 4.79. The molecule has 0 bridgehead atoms. The minimum Gasteiger partial charge on any atom is -0.494 e. The van der Waals surface area contributed by atoms with E-state index in [4.69, 9.17) is 4.74 Å². The van der Waals surface area contributed by atoms with Crippen LogP contribution in [-0.4, -0.2) is 32.9 Å². The second-order valence-electron chi connectivity index (χ2n) is 7.98. The van der Waals surface area contributed by atoms with Crippen LogP contribution >= 0.6 is 0 Å². The lowest BCUT2D eigenvalue weighted by Gasteiger charge is -2.19. The Morgan fingerprint density at radius 3 is 2.23 bits per heavy atom. The maximum absolute atomic E-state index is 13.2. The van der Waals surface area contributed by atoms with Gasteiger partial charge in [0.25, 0.3) is 0 Å². The third-order valence-corrected chi connectivity index (χ3v) is 6.57. The fourth-order valence-electron chi connectivity index (χ4n) is 3.51. The molecule has 0 aliphatic heterocycles. The Bertz CT molecular complexity index is 1290. The lowest BCUT2D eigenvalue weighted by Crippen LogP contribution is -2.45. The van der Waals surface area contributed by atoms with E-state index in [1.165, 1.54) is 19.1 Å². The van der Waals surface area contributed by atoms with Crippen molar-refractivity contribution >= 4 is 33.2 Å². The molecule has 9 heteroatoms. The van der Waals surface area contributed by atoms with Crippen LogP contribution in [0.1, 0.15) is 25.0 Å². The molecule has 0 unspecified atom stereocenters. The molecular weight excluding hydrogens is 466 g/mol. The number of aryl methyl sites for hydroxylation is 1. The predicted molar refractivity (Wildman–Crippen MR) is 136 cm³/mol. The van der Waals surface area contributed by atoms with Gasteiger partial charge in [0.1, 0.15) is 11.8 Å². The van der Waals surface area contributed by atoms with E-state index in [1.54, 1.807) is 37.3 Å². The minimum absolute atomic E-state index is 0.0389. The Kier molecular flexibility index (Phi) is 8.62. The standard InChI is InChI=1S/C26H29N3O5S/c1-4-34-25-14-13-23(15-18(25)2)35(32,33)29-24(16-20-9-6-5-7-10-20)26(31)28-22-12-8-11-21(17-22)27-19(3)30/h5-15,17,24,29H,4,16H2,1-3H3,(H,27,30)(H,28,31)/t24-/m1/s1. The van der Waals surface area contributed by atoms with Gasteiger partial charge in [-0.05, 0) is 67.8 Å². The molecule has 0 saturated carbocycles. The van der Waals surface area contributed by atoms with Crippen LogP contribution in [-0.2, 0) is 26.0 Å². The summed E-state index contributed by atoms with van der Waals surface area (Å²) >= 11 is 0. The van der Waals surface area contributed by atoms with Crippen molar-refractivity contribution in [1.29, 1.82) is 0 Å². The molecule has 2 amide bonds. The molecule has 0 aliphatic rings. The normalized spacial score (nSPS) is 12.0. The molecule has 184 valence electrons. The largest absolute Gasteiger partial charge is 0.494 e. The summed E-state index contributed by atoms with van der Waals surface area (Å²) in [5, 5.41) is 5.40. The summed E-state index contributed by atoms with van der Waals surface area (Å²) < 4.78 is 34.5. The third kappa shape index (κ3) is 7.40. The number of amides is 2. The Morgan fingerprint density at radius 2 is 1.60 bits per heavy atom. The summed E-state index contributed by atoms with van der Waals surface area (Å²) in [6.45, 7) is 5.47. The molecule has 0 fully saturated rings. The number of nitrogens with one attached hydrogen (secondary N) is 3. The van der Waals surface area contributed by atoms with Crippen LogP contribution in [0.3, 0.4) is 0 Å². The molecule has 35 heavy (non-hydrogen) atoms. The first-order valence-electron chi connectivity index (χ1n) is 11.2. The van der Waals surface area contributed by atoms with Crippen molar-refractivity contribution in [3.63, 3.8) is 0 Å². The van der Waals surface area contributed by atoms with Gasteiger partial charge in [-0.15, -0.1) is 0 Å². The zero-order valence-corrected chi connectivity index (χ0v) is 20.7. The van der Waals surface area contributed by atoms with Gasteiger partial charge in [-0.3, -0.25) is 9.59 Å². The summed E-state index contributed by atoms with van der Waals surface area (Å²) in [7, 11) is -4.02. The molecule has 3 rings (SSSR count). The van der Waals surface area contributed by atoms with Crippen LogP contribution in [0.2, 0.25) is 0 Å². The number of ether oxygens (including phenoxy) is 1. The van der Waals surface area contributed by atoms with E-state index in [-0.39, 0.29) is 17.2 Å². The van der Waals surface area contributed by atoms with Crippen LogP contribution in [0.4, 0.5) is 11.4 Å². The second-order valence-corrected chi connectivity index (χ2v) is 9.69. The van der Waals surface area contributed by atoms with E-state index in [1.807, 2.05) is 37.3 Å². The summed E-state index contributed by atoms with van der Waals surface area (Å²) in [4.78, 5) is 24.6. The van der Waals surface area contributed by atoms with Gasteiger partial charge in [-0.25, -0.2) is 8.42 Å². The van der Waals surface area contributed by atoms with Gasteiger partial charge in [-0.2, -0.15) is 4.72 Å². The summed E-state index contributed by atoms with van der Waals surface area (Å²) in [6.07, 6.45) is 0.146. The summed E-state index contributed by atoms with van der Waals surface area (Å²) in [5.41, 5.74) is 2.41. The molecule has 3 aromatic rings. The summed E-state index contributed by atoms with van der Waals surface area (Å²) in [6, 6.07) is 19.3. The van der Waals surface area contributed by atoms with Crippen molar-refractivity contribution in [2.24, 2.45) is 0 Å². The van der Waals surface area contributed by atoms with Gasteiger partial charge in [0, 0.05) is 18.3 Å². The highest BCUT2D eigenvalue weighted by molar-refractivity contribution is 7.89. The van der Waals surface area contributed by atoms with E-state index < -0.39 is 22.0 Å². The Balaban J connectivity index is 1.86. The molecule has 0 aliphatic carbocycles. The van der Waals surface area contributed by atoms with E-state index in [9.17, 15) is 18.0 Å². The van der Waals surface area contributed by atoms with Crippen molar-refractivity contribution < 1.29 is 22.7 Å². The number of benzene rings is 3. The SMILES string of the molecule is CCOc1ccc(S(=O)(=O)N[C@H](Cc2ccccc2)C(=O)Nc2cccc(NC(C)=O)c2)cc1C. The molecule has 0 heterocycles. The van der Waals surface area contributed by atoms with E-state index >= 15 is 0 Å². The lowest BCUT2D eigenvalue weighted by molar-refractivity contribution is -0.117. The molecule has 8 nitrogen and oxygen atoms in total. The molecule has 0 spiro atoms. The highest BCUT2D eigenvalue weighted by Crippen LogP contribution is 2.22. The highest BCUT2D eigenvalue weighted by Gasteiger charge is 2.27. The second kappa shape index (κ2) is 11.6. The summed E-state index contributed by atoms with van der Waals surface area (Å²) in [5.74, 6) is -0.169. The van der Waals surface area contributed by atoms with Crippen LogP contribution in [0, 0.1) is 6.92 Å². The zero-order chi connectivity index (χ0) is 25.4. The van der Waals surface area contributed by atoms with Crippen molar-refractivity contribution in [3.8, 4) is 5.75 Å². The molecule has 0 radical (unpaired) electrons. The Hall–Kier alpha value is -3.69. The average molecular weight is 496 g/mol. The lowest BCUT2D eigenvalue weighted by atomic mass is 10.1. The number of hydrogen-bond acceptors (Lipinski definition) is 5. The van der Waals surface area contributed by atoms with Gasteiger partial charge in [0.2, 0.25) is 21.8 Å². The zero-order valence-electron chi connectivity index (χ0n) is 19.9. The van der Waals surface area contributed by atoms with Crippen molar-refractivity contribution in [2.75, 3.05) is 17.2 Å². The van der Waals surface area contributed by atoms with Crippen molar-refractivity contribution in [2.45, 2.75) is 38.1 Å². The van der Waals surface area contributed by atoms with Gasteiger partial charge in [-0.1, -0.05) is 36.4 Å². The third-order valence-electron chi connectivity index (χ3n) is 5.10. The smallest absolute Gasteiger partial charge is 0.242 e. The monoisotopic (exact) mass is 495 g/mol. The number of rotatable bonds is 10. The topological polar surface area (TPSA) is 114 Å². The van der Waals surface area contributed by atoms with Gasteiger partial charge in [0.15, 0.2) is 0 Å². The minimum atomic E-state index is -4.02. The van der Waals surface area contributed by atoms with Gasteiger partial charge >= 0.3 is 0 Å². The van der Waals surface area contributed by atoms with Crippen LogP contribution < -0.4 is 20.1 Å². The number of anilines is 2. The van der Waals surface area contributed by atoms with Crippen molar-refractivity contribution in [1.82, 2.24) is 4.72 Å². The van der Waals surface area contributed by atoms with E-state index in [2.05, 4.69) is 15.4 Å². The predicted octanol–water partition coefficient (Wildman–Crippen LogP) is 3.88. The van der Waals surface area contributed by atoms with Crippen LogP contribution in [0.5, 0.6) is 5.75 Å². The molecule has 1 atom stereocenters. The Morgan fingerprint density at radius 1 is 0.914 bits per heavy atom. The van der Waals surface area contributed by atoms with E-state index in [0.717, 1.165) is 5.56 Å². The molecular formula is C26H29N3O5S. The molecule has 3 aromatic carbocycles. The van der Waals surface area contributed by atoms with Crippen LogP contribution in [0.25, 0.3) is 0 Å². The number of hydrogen-bond donors (Lipinski definition) is 3. The molecule has 0 aromatic heterocycles. The average Bonchev–Trinajstić information content (AvgIpc) is 2.80. The highest BCUT2D eigenvalue weighted by atomic mass is 32.2. The number of carbonyl (C=O) groups is 2. The first kappa shape index (κ1) is 25.9. The van der Waals surface area contributed by atoms with Gasteiger partial charge < -0.3 is 15.4 Å². The Labute approximate surface area is 205 Å². The quantitative estimate of drug-likeness (QED) is 0.395. The van der Waals surface area contributed by atoms with E-state index in [0.29, 0.717) is 29.3 Å². The van der Waals surface area contributed by atoms with Gasteiger partial charge in [0.05, 0.1) is 11.5 Å². The first-order valence-corrected chi connectivity index (χ1v) is 12.6. The maximum atomic E-state index is 13.2. The number of sulfonamides is 1. The van der Waals surface area contributed by atoms with Crippen molar-refractivity contribution in [3.05, 3.63) is 83.9 Å². The fraction of sp³-hybridized carbons (Fsp3) is 0.231. The first-order chi connectivity index (χ1) is 16.7.